The number of amides is 1. The molecule has 0 aliphatic carbocycles. The maximum absolute atomic E-state index is 12.9. The SMILES string of the molecule is O=C(NCc1ccc(C2CO2)cc1)C(F)(F)S(=O)(=O)[O-]. The van der Waals surface area contributed by atoms with E-state index in [0.717, 1.165) is 5.56 Å². The molecule has 0 aromatic heterocycles. The van der Waals surface area contributed by atoms with Crippen molar-refractivity contribution in [1.29, 1.82) is 0 Å². The predicted octanol–water partition coefficient (Wildman–Crippen LogP) is 0.512. The van der Waals surface area contributed by atoms with Crippen LogP contribution in [0.15, 0.2) is 24.3 Å². The zero-order valence-corrected chi connectivity index (χ0v) is 10.8. The normalized spacial score (nSPS) is 18.6. The van der Waals surface area contributed by atoms with Crippen LogP contribution in [0.25, 0.3) is 0 Å². The van der Waals surface area contributed by atoms with Gasteiger partial charge in [-0.1, -0.05) is 24.3 Å². The number of halogens is 2. The van der Waals surface area contributed by atoms with E-state index in [0.29, 0.717) is 12.2 Å². The van der Waals surface area contributed by atoms with Gasteiger partial charge in [-0.3, -0.25) is 4.79 Å². The predicted molar refractivity (Wildman–Crippen MR) is 61.6 cm³/mol. The molecule has 1 amide bonds. The van der Waals surface area contributed by atoms with Crippen molar-refractivity contribution in [3.8, 4) is 0 Å². The van der Waals surface area contributed by atoms with Crippen LogP contribution in [0.2, 0.25) is 0 Å². The van der Waals surface area contributed by atoms with Crippen LogP contribution in [-0.4, -0.2) is 30.7 Å². The van der Waals surface area contributed by atoms with E-state index >= 15 is 0 Å². The Balaban J connectivity index is 1.96. The Kier molecular flexibility index (Phi) is 3.76. The fraction of sp³-hybridized carbons (Fsp3) is 0.364. The average molecular weight is 306 g/mol. The van der Waals surface area contributed by atoms with E-state index in [2.05, 4.69) is 0 Å². The lowest BCUT2D eigenvalue weighted by molar-refractivity contribution is -0.136. The standard InChI is InChI=1S/C11H11F2NO5S/c12-11(13,20(16,17)18)10(15)14-5-7-1-3-8(4-2-7)9-6-19-9/h1-4,9H,5-6H2,(H,14,15)(H,16,17,18)/p-1. The van der Waals surface area contributed by atoms with Crippen molar-refractivity contribution in [2.45, 2.75) is 17.9 Å². The van der Waals surface area contributed by atoms with Gasteiger partial charge in [-0.25, -0.2) is 8.42 Å². The molecule has 1 heterocycles. The van der Waals surface area contributed by atoms with Gasteiger partial charge in [0.1, 0.15) is 6.10 Å². The average Bonchev–Trinajstić information content (AvgIpc) is 3.19. The number of epoxide rings is 1. The van der Waals surface area contributed by atoms with Gasteiger partial charge < -0.3 is 14.6 Å². The minimum atomic E-state index is -6.03. The summed E-state index contributed by atoms with van der Waals surface area (Å²) in [6.07, 6.45) is 0.0496. The first-order valence-electron chi connectivity index (χ1n) is 5.54. The van der Waals surface area contributed by atoms with Crippen molar-refractivity contribution >= 4 is 16.0 Å². The Hall–Kier alpha value is -1.58. The third-order valence-electron chi connectivity index (χ3n) is 2.72. The van der Waals surface area contributed by atoms with Gasteiger partial charge in [-0.05, 0) is 11.1 Å². The topological polar surface area (TPSA) is 98.8 Å². The van der Waals surface area contributed by atoms with E-state index in [1.54, 1.807) is 29.6 Å². The molecule has 0 bridgehead atoms. The summed E-state index contributed by atoms with van der Waals surface area (Å²) in [5.74, 6) is -2.14. The van der Waals surface area contributed by atoms with Crippen molar-refractivity contribution in [2.24, 2.45) is 0 Å². The Morgan fingerprint density at radius 2 is 1.95 bits per heavy atom. The lowest BCUT2D eigenvalue weighted by Crippen LogP contribution is -2.45. The Morgan fingerprint density at radius 3 is 2.40 bits per heavy atom. The molecule has 0 radical (unpaired) electrons. The van der Waals surface area contributed by atoms with Crippen LogP contribution in [0.1, 0.15) is 17.2 Å². The number of carbonyl (C=O) groups is 1. The summed E-state index contributed by atoms with van der Waals surface area (Å²) >= 11 is 0. The Morgan fingerprint density at radius 1 is 1.40 bits per heavy atom. The summed E-state index contributed by atoms with van der Waals surface area (Å²) in [7, 11) is -6.03. The number of hydrogen-bond acceptors (Lipinski definition) is 5. The summed E-state index contributed by atoms with van der Waals surface area (Å²) < 4.78 is 61.6. The highest BCUT2D eigenvalue weighted by molar-refractivity contribution is 7.87. The second-order valence-electron chi connectivity index (χ2n) is 4.22. The largest absolute Gasteiger partial charge is 0.743 e. The molecule has 2 rings (SSSR count). The van der Waals surface area contributed by atoms with Gasteiger partial charge in [0.15, 0.2) is 10.1 Å². The van der Waals surface area contributed by atoms with Crippen molar-refractivity contribution in [1.82, 2.24) is 5.32 Å². The molecule has 1 N–H and O–H groups in total. The highest BCUT2D eigenvalue weighted by Crippen LogP contribution is 2.29. The van der Waals surface area contributed by atoms with Gasteiger partial charge in [0, 0.05) is 6.54 Å². The number of hydrogen-bond donors (Lipinski definition) is 1. The van der Waals surface area contributed by atoms with Gasteiger partial charge in [0.05, 0.1) is 6.61 Å². The Bertz CT molecular complexity index is 610. The first kappa shape index (κ1) is 14.8. The fourth-order valence-corrected chi connectivity index (χ4v) is 1.79. The lowest BCUT2D eigenvalue weighted by atomic mass is 10.1. The van der Waals surface area contributed by atoms with E-state index in [1.165, 1.54) is 0 Å². The molecule has 110 valence electrons. The molecule has 0 saturated carbocycles. The molecule has 1 aromatic carbocycles. The van der Waals surface area contributed by atoms with Crippen LogP contribution in [0.4, 0.5) is 8.78 Å². The summed E-state index contributed by atoms with van der Waals surface area (Å²) in [5.41, 5.74) is 1.41. The first-order chi connectivity index (χ1) is 9.22. The molecule has 20 heavy (non-hydrogen) atoms. The molecule has 1 aliphatic rings. The summed E-state index contributed by atoms with van der Waals surface area (Å²) in [6.45, 7) is 0.319. The summed E-state index contributed by atoms with van der Waals surface area (Å²) in [4.78, 5) is 11.0. The molecule has 1 fully saturated rings. The van der Waals surface area contributed by atoms with Crippen LogP contribution >= 0.6 is 0 Å². The van der Waals surface area contributed by atoms with Crippen LogP contribution in [0.5, 0.6) is 0 Å². The minimum absolute atomic E-state index is 0.0496. The van der Waals surface area contributed by atoms with Crippen molar-refractivity contribution in [2.75, 3.05) is 6.61 Å². The molecular formula is C11H10F2NO5S-. The van der Waals surface area contributed by atoms with Gasteiger partial charge >= 0.3 is 11.2 Å². The van der Waals surface area contributed by atoms with Gasteiger partial charge in [0.2, 0.25) is 0 Å². The molecule has 1 aromatic rings. The van der Waals surface area contributed by atoms with Crippen molar-refractivity contribution in [3.63, 3.8) is 0 Å². The number of rotatable bonds is 5. The Labute approximate surface area is 113 Å². The maximum Gasteiger partial charge on any atom is 0.410 e. The van der Waals surface area contributed by atoms with Gasteiger partial charge in [-0.2, -0.15) is 8.78 Å². The van der Waals surface area contributed by atoms with Crippen LogP contribution in [0, 0.1) is 0 Å². The molecule has 1 atom stereocenters. The number of nitrogens with one attached hydrogen (secondary N) is 1. The number of benzene rings is 1. The minimum Gasteiger partial charge on any atom is -0.743 e. The van der Waals surface area contributed by atoms with Crippen LogP contribution < -0.4 is 5.32 Å². The highest BCUT2D eigenvalue weighted by Gasteiger charge is 2.46. The summed E-state index contributed by atoms with van der Waals surface area (Å²) in [5, 5.41) is -3.27. The third kappa shape index (κ3) is 3.11. The van der Waals surface area contributed by atoms with Crippen LogP contribution in [0.3, 0.4) is 0 Å². The second kappa shape index (κ2) is 5.08. The van der Waals surface area contributed by atoms with Crippen LogP contribution in [-0.2, 0) is 26.2 Å². The van der Waals surface area contributed by atoms with Gasteiger partial charge in [0.25, 0.3) is 0 Å². The number of alkyl halides is 2. The molecule has 1 aliphatic heterocycles. The second-order valence-corrected chi connectivity index (χ2v) is 5.64. The fourth-order valence-electron chi connectivity index (χ4n) is 1.49. The smallest absolute Gasteiger partial charge is 0.410 e. The third-order valence-corrected chi connectivity index (χ3v) is 3.53. The van der Waals surface area contributed by atoms with E-state index in [9.17, 15) is 26.5 Å². The monoisotopic (exact) mass is 306 g/mol. The lowest BCUT2D eigenvalue weighted by Gasteiger charge is -2.18. The molecular weight excluding hydrogens is 296 g/mol. The van der Waals surface area contributed by atoms with E-state index in [-0.39, 0.29) is 12.6 Å². The van der Waals surface area contributed by atoms with E-state index < -0.39 is 21.3 Å². The highest BCUT2D eigenvalue weighted by atomic mass is 32.2. The number of ether oxygens (including phenoxy) is 1. The molecule has 0 spiro atoms. The first-order valence-corrected chi connectivity index (χ1v) is 6.94. The molecule has 9 heteroatoms. The number of carbonyl (C=O) groups excluding carboxylic acids is 1. The molecule has 6 nitrogen and oxygen atoms in total. The maximum atomic E-state index is 12.9. The van der Waals surface area contributed by atoms with Crippen molar-refractivity contribution in [3.05, 3.63) is 35.4 Å². The zero-order valence-electron chi connectivity index (χ0n) is 10.0. The van der Waals surface area contributed by atoms with Gasteiger partial charge in [-0.15, -0.1) is 0 Å². The van der Waals surface area contributed by atoms with Crippen molar-refractivity contribution < 1.29 is 31.3 Å². The summed E-state index contributed by atoms with van der Waals surface area (Å²) in [6, 6.07) is 6.59. The quantitative estimate of drug-likeness (QED) is 0.631. The zero-order chi connectivity index (χ0) is 15.0. The van der Waals surface area contributed by atoms with E-state index in [1.807, 2.05) is 0 Å². The molecule has 1 unspecified atom stereocenters. The molecule has 1 saturated heterocycles. The van der Waals surface area contributed by atoms with E-state index in [4.69, 9.17) is 4.74 Å².